The highest BCUT2D eigenvalue weighted by Gasteiger charge is 2.14. The first-order valence-electron chi connectivity index (χ1n) is 7.81. The largest absolute Gasteiger partial charge is 0.379 e. The Kier molecular flexibility index (Phi) is 4.99. The van der Waals surface area contributed by atoms with Crippen molar-refractivity contribution in [2.45, 2.75) is 6.42 Å². The number of nitrogens with one attached hydrogen (secondary N) is 2. The van der Waals surface area contributed by atoms with Crippen LogP contribution in [0.3, 0.4) is 0 Å². The highest BCUT2D eigenvalue weighted by atomic mass is 16.5. The number of benzene rings is 1. The van der Waals surface area contributed by atoms with Gasteiger partial charge in [0.15, 0.2) is 5.69 Å². The van der Waals surface area contributed by atoms with E-state index in [1.54, 1.807) is 24.3 Å². The number of aromatic nitrogens is 2. The molecule has 0 aliphatic carbocycles. The van der Waals surface area contributed by atoms with Crippen molar-refractivity contribution in [3.05, 3.63) is 40.3 Å². The molecule has 2 heterocycles. The van der Waals surface area contributed by atoms with Crippen LogP contribution in [0.2, 0.25) is 0 Å². The Bertz CT molecular complexity index is 737. The van der Waals surface area contributed by atoms with E-state index in [1.807, 2.05) is 0 Å². The lowest BCUT2D eigenvalue weighted by molar-refractivity contribution is 0.0374. The number of aromatic amines is 1. The molecule has 0 atom stereocenters. The third-order valence-corrected chi connectivity index (χ3v) is 3.95. The molecule has 0 unspecified atom stereocenters. The lowest BCUT2D eigenvalue weighted by atomic mass is 10.1. The maximum absolute atomic E-state index is 12.3. The molecule has 7 heteroatoms. The molecule has 1 saturated heterocycles. The summed E-state index contributed by atoms with van der Waals surface area (Å²) in [5.74, 6) is -0.264. The highest BCUT2D eigenvalue weighted by molar-refractivity contribution is 6.04. The number of ether oxygens (including phenoxy) is 1. The van der Waals surface area contributed by atoms with Crippen molar-refractivity contribution in [2.75, 3.05) is 39.4 Å². The number of amides is 1. The predicted molar refractivity (Wildman–Crippen MR) is 86.6 cm³/mol. The average Bonchev–Trinajstić information content (AvgIpc) is 2.60. The van der Waals surface area contributed by atoms with Crippen molar-refractivity contribution >= 4 is 16.7 Å². The number of hydrogen-bond donors (Lipinski definition) is 2. The maximum Gasteiger partial charge on any atom is 0.272 e. The number of carbonyl (C=O) groups excluding carboxylic acids is 1. The fourth-order valence-electron chi connectivity index (χ4n) is 2.70. The highest BCUT2D eigenvalue weighted by Crippen LogP contribution is 2.12. The topological polar surface area (TPSA) is 87.3 Å². The first kappa shape index (κ1) is 15.6. The molecule has 0 saturated carbocycles. The van der Waals surface area contributed by atoms with Crippen molar-refractivity contribution in [1.82, 2.24) is 20.4 Å². The first-order chi connectivity index (χ1) is 11.3. The van der Waals surface area contributed by atoms with Crippen molar-refractivity contribution in [1.29, 1.82) is 0 Å². The number of fused-ring (bicyclic) bond motifs is 1. The van der Waals surface area contributed by atoms with E-state index in [2.05, 4.69) is 20.4 Å². The molecule has 1 fully saturated rings. The van der Waals surface area contributed by atoms with Crippen molar-refractivity contribution < 1.29 is 9.53 Å². The minimum Gasteiger partial charge on any atom is -0.379 e. The summed E-state index contributed by atoms with van der Waals surface area (Å²) in [5, 5.41) is 10.2. The summed E-state index contributed by atoms with van der Waals surface area (Å²) in [6.45, 7) is 4.95. The van der Waals surface area contributed by atoms with E-state index in [0.29, 0.717) is 17.3 Å². The van der Waals surface area contributed by atoms with E-state index in [0.717, 1.165) is 39.3 Å². The summed E-state index contributed by atoms with van der Waals surface area (Å²) in [5.41, 5.74) is -0.0314. The van der Waals surface area contributed by atoms with Gasteiger partial charge >= 0.3 is 0 Å². The second-order valence-electron chi connectivity index (χ2n) is 5.51. The molecule has 1 aliphatic heterocycles. The third kappa shape index (κ3) is 3.75. The zero-order valence-electron chi connectivity index (χ0n) is 12.9. The summed E-state index contributed by atoms with van der Waals surface area (Å²) in [4.78, 5) is 26.3. The van der Waals surface area contributed by atoms with E-state index in [4.69, 9.17) is 4.74 Å². The van der Waals surface area contributed by atoms with Crippen molar-refractivity contribution in [3.8, 4) is 0 Å². The molecule has 1 amide bonds. The normalized spacial score (nSPS) is 15.7. The Labute approximate surface area is 133 Å². The van der Waals surface area contributed by atoms with E-state index < -0.39 is 0 Å². The fraction of sp³-hybridized carbons (Fsp3) is 0.438. The van der Waals surface area contributed by atoms with Gasteiger partial charge in [0.25, 0.3) is 11.5 Å². The van der Waals surface area contributed by atoms with Crippen molar-refractivity contribution in [3.63, 3.8) is 0 Å². The second-order valence-corrected chi connectivity index (χ2v) is 5.51. The van der Waals surface area contributed by atoms with Gasteiger partial charge in [-0.25, -0.2) is 5.10 Å². The minimum atomic E-state index is -0.288. The van der Waals surface area contributed by atoms with Crippen LogP contribution in [0.4, 0.5) is 0 Å². The Hall–Kier alpha value is -2.25. The summed E-state index contributed by atoms with van der Waals surface area (Å²) in [6.07, 6.45) is 0.868. The SMILES string of the molecule is O=C(NCCCN1CCOCC1)c1n[nH]c(=O)c2ccccc12. The molecular formula is C16H20N4O3. The maximum atomic E-state index is 12.3. The van der Waals surface area contributed by atoms with Crippen LogP contribution in [0.5, 0.6) is 0 Å². The molecule has 2 aromatic rings. The van der Waals surface area contributed by atoms with Gasteiger partial charge in [-0.15, -0.1) is 0 Å². The lowest BCUT2D eigenvalue weighted by Crippen LogP contribution is -2.38. The zero-order valence-corrected chi connectivity index (χ0v) is 12.9. The molecule has 7 nitrogen and oxygen atoms in total. The molecular weight excluding hydrogens is 296 g/mol. The van der Waals surface area contributed by atoms with Gasteiger partial charge in [-0.05, 0) is 19.0 Å². The van der Waals surface area contributed by atoms with Crippen molar-refractivity contribution in [2.24, 2.45) is 0 Å². The monoisotopic (exact) mass is 316 g/mol. The lowest BCUT2D eigenvalue weighted by Gasteiger charge is -2.26. The zero-order chi connectivity index (χ0) is 16.1. The van der Waals surface area contributed by atoms with Gasteiger partial charge in [0, 0.05) is 25.0 Å². The number of morpholine rings is 1. The van der Waals surface area contributed by atoms with Crippen LogP contribution >= 0.6 is 0 Å². The number of nitrogens with zero attached hydrogens (tertiary/aromatic N) is 2. The van der Waals surface area contributed by atoms with E-state index >= 15 is 0 Å². The van der Waals surface area contributed by atoms with Gasteiger partial charge in [0.1, 0.15) is 0 Å². The molecule has 0 radical (unpaired) electrons. The summed E-state index contributed by atoms with van der Waals surface area (Å²) in [7, 11) is 0. The smallest absolute Gasteiger partial charge is 0.272 e. The second kappa shape index (κ2) is 7.34. The van der Waals surface area contributed by atoms with Gasteiger partial charge in [0.05, 0.1) is 18.6 Å². The first-order valence-corrected chi connectivity index (χ1v) is 7.81. The summed E-state index contributed by atoms with van der Waals surface area (Å²) < 4.78 is 5.30. The number of hydrogen-bond acceptors (Lipinski definition) is 5. The molecule has 3 rings (SSSR count). The van der Waals surface area contributed by atoms with Crippen LogP contribution in [0.25, 0.3) is 10.8 Å². The third-order valence-electron chi connectivity index (χ3n) is 3.95. The number of H-pyrrole nitrogens is 1. The molecule has 122 valence electrons. The Morgan fingerprint density at radius 3 is 2.78 bits per heavy atom. The molecule has 1 aromatic heterocycles. The predicted octanol–water partition coefficient (Wildman–Crippen LogP) is 0.375. The van der Waals surface area contributed by atoms with Crippen LogP contribution in [-0.2, 0) is 4.74 Å². The van der Waals surface area contributed by atoms with Gasteiger partial charge in [-0.3, -0.25) is 14.5 Å². The van der Waals surface area contributed by atoms with Gasteiger partial charge < -0.3 is 10.1 Å². The number of carbonyl (C=O) groups is 1. The van der Waals surface area contributed by atoms with Crippen LogP contribution in [0.15, 0.2) is 29.1 Å². The van der Waals surface area contributed by atoms with Crippen LogP contribution in [0, 0.1) is 0 Å². The molecule has 1 aliphatic rings. The average molecular weight is 316 g/mol. The molecule has 0 bridgehead atoms. The fourth-order valence-corrected chi connectivity index (χ4v) is 2.70. The quantitative estimate of drug-likeness (QED) is 0.779. The Morgan fingerprint density at radius 2 is 2.00 bits per heavy atom. The minimum absolute atomic E-state index is 0.256. The standard InChI is InChI=1S/C16H20N4O3/c21-15-13-5-2-1-4-12(13)14(18-19-15)16(22)17-6-3-7-20-8-10-23-11-9-20/h1-2,4-5H,3,6-11H2,(H,17,22)(H,19,21). The Morgan fingerprint density at radius 1 is 1.26 bits per heavy atom. The summed E-state index contributed by atoms with van der Waals surface area (Å²) in [6, 6.07) is 6.98. The Balaban J connectivity index is 1.58. The molecule has 0 spiro atoms. The van der Waals surface area contributed by atoms with Gasteiger partial charge in [-0.2, -0.15) is 5.10 Å². The van der Waals surface area contributed by atoms with E-state index in [9.17, 15) is 9.59 Å². The van der Waals surface area contributed by atoms with E-state index in [1.165, 1.54) is 0 Å². The molecule has 2 N–H and O–H groups in total. The molecule has 23 heavy (non-hydrogen) atoms. The van der Waals surface area contributed by atoms with Gasteiger partial charge in [0.2, 0.25) is 0 Å². The molecule has 1 aromatic carbocycles. The van der Waals surface area contributed by atoms with Crippen LogP contribution in [-0.4, -0.2) is 60.4 Å². The van der Waals surface area contributed by atoms with Crippen LogP contribution < -0.4 is 10.9 Å². The number of rotatable bonds is 5. The van der Waals surface area contributed by atoms with E-state index in [-0.39, 0.29) is 17.2 Å². The van der Waals surface area contributed by atoms with Gasteiger partial charge in [-0.1, -0.05) is 18.2 Å². The summed E-state index contributed by atoms with van der Waals surface area (Å²) >= 11 is 0. The van der Waals surface area contributed by atoms with Crippen LogP contribution in [0.1, 0.15) is 16.9 Å².